The zero-order valence-corrected chi connectivity index (χ0v) is 21.7. The molecule has 0 amide bonds. The van der Waals surface area contributed by atoms with E-state index in [1.165, 1.54) is 28.0 Å². The van der Waals surface area contributed by atoms with Gasteiger partial charge in [0.25, 0.3) is 0 Å². The van der Waals surface area contributed by atoms with Gasteiger partial charge in [-0.1, -0.05) is 39.2 Å². The van der Waals surface area contributed by atoms with Gasteiger partial charge in [0.1, 0.15) is 0 Å². The summed E-state index contributed by atoms with van der Waals surface area (Å²) in [6.45, 7) is 9.36. The van der Waals surface area contributed by atoms with E-state index >= 15 is 0 Å². The van der Waals surface area contributed by atoms with Gasteiger partial charge in [0.15, 0.2) is 0 Å². The largest absolute Gasteiger partial charge is 1.00 e. The summed E-state index contributed by atoms with van der Waals surface area (Å²) in [4.78, 5) is 0. The second-order valence-electron chi connectivity index (χ2n) is 3.51. The molecule has 1 aromatic carbocycles. The van der Waals surface area contributed by atoms with Crippen molar-refractivity contribution in [3.8, 4) is 0 Å². The molecule has 3 heteroatoms. The van der Waals surface area contributed by atoms with Crippen molar-refractivity contribution < 1.29 is 51.4 Å². The van der Waals surface area contributed by atoms with E-state index in [4.69, 9.17) is 0 Å². The number of fused-ring (bicyclic) bond motifs is 1. The van der Waals surface area contributed by atoms with Gasteiger partial charge in [-0.25, -0.2) is 6.08 Å². The van der Waals surface area contributed by atoms with E-state index in [0.29, 0.717) is 0 Å². The summed E-state index contributed by atoms with van der Waals surface area (Å²) in [5, 5.41) is 2.70. The van der Waals surface area contributed by atoms with Gasteiger partial charge in [-0.2, -0.15) is 11.3 Å². The van der Waals surface area contributed by atoms with Crippen LogP contribution in [-0.4, -0.2) is 103 Å². The van der Waals surface area contributed by atoms with E-state index in [9.17, 15) is 0 Å². The number of rotatable bonds is 0. The van der Waals surface area contributed by atoms with E-state index in [0.717, 1.165) is 6.42 Å². The number of hydrogen-bond acceptors (Lipinski definition) is 0. The second-order valence-corrected chi connectivity index (χ2v) is 3.51. The molecule has 2 rings (SSSR count). The van der Waals surface area contributed by atoms with Crippen LogP contribution in [-0.2, 0) is 0 Å². The summed E-state index contributed by atoms with van der Waals surface area (Å²) in [5.41, 5.74) is 2.85. The fourth-order valence-corrected chi connectivity index (χ4v) is 1.68. The maximum absolute atomic E-state index is 3.40. The van der Waals surface area contributed by atoms with Gasteiger partial charge in [-0.3, -0.25) is 0 Å². The van der Waals surface area contributed by atoms with Gasteiger partial charge >= 0.3 is 51.4 Å². The predicted molar refractivity (Wildman–Crippen MR) is 74.7 cm³/mol. The van der Waals surface area contributed by atoms with Crippen molar-refractivity contribution in [2.24, 2.45) is 0 Å². The third-order valence-corrected chi connectivity index (χ3v) is 2.45. The third kappa shape index (κ3) is 8.79. The summed E-state index contributed by atoms with van der Waals surface area (Å²) in [7, 11) is 0. The van der Waals surface area contributed by atoms with Crippen LogP contribution in [0.3, 0.4) is 0 Å². The first kappa shape index (κ1) is 25.8. The summed E-state index contributed by atoms with van der Waals surface area (Å²) >= 11 is 0. The average molecular weight is 304 g/mol. The van der Waals surface area contributed by atoms with Crippen LogP contribution < -0.4 is 61.8 Å². The Kier molecular flexibility index (Phi) is 22.5. The minimum atomic E-state index is 0. The van der Waals surface area contributed by atoms with Crippen LogP contribution in [0.5, 0.6) is 0 Å². The maximum Gasteiger partial charge on any atom is 1.00 e. The summed E-state index contributed by atoms with van der Waals surface area (Å²) in [6, 6.07) is 6.59. The molecule has 0 atom stereocenters. The van der Waals surface area contributed by atoms with Crippen molar-refractivity contribution in [3.63, 3.8) is 0 Å². The van der Waals surface area contributed by atoms with Gasteiger partial charge in [0.2, 0.25) is 0 Å². The molecule has 0 heterocycles. The van der Waals surface area contributed by atoms with Gasteiger partial charge in [-0.05, 0) is 6.92 Å². The molecular formula is C14H18K3. The predicted octanol–water partition coefficient (Wildman–Crippen LogP) is -1.30. The van der Waals surface area contributed by atoms with Crippen LogP contribution in [0.15, 0.2) is 18.2 Å². The fourth-order valence-electron chi connectivity index (χ4n) is 1.68. The standard InChI is InChI=1S/C12H13.C2H5.3K/c1-9-6-7-11-5-3-4-10(2)12(11)8-9;1-2;;;/h6-8H,3-4H2,1-2H3;1H2,2H3;;;/q-1;;;;+1. The Morgan fingerprint density at radius 2 is 1.71 bits per heavy atom. The molecule has 0 nitrogen and oxygen atoms in total. The quantitative estimate of drug-likeness (QED) is 0.413. The molecule has 0 unspecified atom stereocenters. The minimum absolute atomic E-state index is 0. The van der Waals surface area contributed by atoms with Crippen LogP contribution in [0.2, 0.25) is 0 Å². The van der Waals surface area contributed by atoms with Crippen LogP contribution in [0.4, 0.5) is 0 Å². The molecule has 77 valence electrons. The Hall–Kier alpha value is 3.87. The first-order valence-electron chi connectivity index (χ1n) is 5.15. The Morgan fingerprint density at radius 3 is 2.29 bits per heavy atom. The summed E-state index contributed by atoms with van der Waals surface area (Å²) in [6.07, 6.45) is 5.66. The molecule has 0 saturated heterocycles. The van der Waals surface area contributed by atoms with E-state index in [1.54, 1.807) is 6.92 Å². The molecule has 1 aliphatic carbocycles. The minimum Gasteiger partial charge on any atom is -0.200 e. The maximum atomic E-state index is 3.40. The van der Waals surface area contributed by atoms with Gasteiger partial charge in [-0.15, -0.1) is 22.9 Å². The number of aryl methyl sites for hydroxylation is 1. The van der Waals surface area contributed by atoms with E-state index in [1.807, 2.05) is 0 Å². The van der Waals surface area contributed by atoms with Gasteiger partial charge in [0.05, 0.1) is 0 Å². The first-order chi connectivity index (χ1) is 6.77. The van der Waals surface area contributed by atoms with Crippen molar-refractivity contribution in [1.29, 1.82) is 0 Å². The van der Waals surface area contributed by atoms with Crippen molar-refractivity contribution >= 4 is 114 Å². The third-order valence-electron chi connectivity index (χ3n) is 2.45. The molecule has 0 spiro atoms. The fraction of sp³-hybridized carbons (Fsp3) is 0.357. The summed E-state index contributed by atoms with van der Waals surface area (Å²) < 4.78 is 0. The number of benzene rings is 1. The van der Waals surface area contributed by atoms with Crippen molar-refractivity contribution in [2.75, 3.05) is 0 Å². The van der Waals surface area contributed by atoms with Crippen molar-refractivity contribution in [1.82, 2.24) is 0 Å². The first-order valence-corrected chi connectivity index (χ1v) is 5.15. The smallest absolute Gasteiger partial charge is 0.200 e. The van der Waals surface area contributed by atoms with Crippen molar-refractivity contribution in [3.05, 3.63) is 41.1 Å². The Morgan fingerprint density at radius 1 is 1.12 bits per heavy atom. The average Bonchev–Trinajstić information content (AvgIpc) is 2.22. The molecule has 3 radical (unpaired) electrons. The second kappa shape index (κ2) is 14.8. The Bertz CT molecular complexity index is 422. The SMILES string of the molecule is CC1=c2cc(C)ccc2=[C-]CC1.[CH2]C.[K+].[K].[K]. The monoisotopic (exact) mass is 303 g/mol. The molecule has 1 aliphatic rings. The molecule has 0 aromatic heterocycles. The van der Waals surface area contributed by atoms with Crippen LogP contribution in [0.25, 0.3) is 11.6 Å². The Balaban J connectivity index is -0.000000373. The van der Waals surface area contributed by atoms with Crippen LogP contribution in [0.1, 0.15) is 32.3 Å². The van der Waals surface area contributed by atoms with E-state index in [2.05, 4.69) is 45.0 Å². The van der Waals surface area contributed by atoms with E-state index < -0.39 is 0 Å². The molecule has 17 heavy (non-hydrogen) atoms. The van der Waals surface area contributed by atoms with E-state index in [-0.39, 0.29) is 154 Å². The Labute approximate surface area is 234 Å². The topological polar surface area (TPSA) is 0 Å². The molecule has 0 N–H and O–H groups in total. The normalized spacial score (nSPS) is 11.2. The van der Waals surface area contributed by atoms with Crippen LogP contribution in [0, 0.1) is 13.8 Å². The zero-order chi connectivity index (χ0) is 10.6. The molecule has 0 saturated carbocycles. The number of hydrogen-bond donors (Lipinski definition) is 0. The molecule has 0 bridgehead atoms. The van der Waals surface area contributed by atoms with Crippen LogP contribution >= 0.6 is 0 Å². The summed E-state index contributed by atoms with van der Waals surface area (Å²) in [5.74, 6) is 0. The molecule has 1 aromatic rings. The molecular weight excluding hydrogens is 285 g/mol. The van der Waals surface area contributed by atoms with Crippen molar-refractivity contribution in [2.45, 2.75) is 33.6 Å². The van der Waals surface area contributed by atoms with Gasteiger partial charge in [0, 0.05) is 103 Å². The molecule has 0 aliphatic heterocycles. The van der Waals surface area contributed by atoms with Gasteiger partial charge < -0.3 is 0 Å². The zero-order valence-electron chi connectivity index (χ0n) is 12.4. The molecule has 0 fully saturated rings.